The van der Waals surface area contributed by atoms with Crippen LogP contribution >= 0.6 is 27.5 Å². The van der Waals surface area contributed by atoms with Crippen LogP contribution in [0.5, 0.6) is 0 Å². The normalized spacial score (nSPS) is 10.3. The van der Waals surface area contributed by atoms with Crippen molar-refractivity contribution in [3.8, 4) is 0 Å². The lowest BCUT2D eigenvalue weighted by Crippen LogP contribution is -2.04. The summed E-state index contributed by atoms with van der Waals surface area (Å²) >= 11 is 9.40. The smallest absolute Gasteiger partial charge is 0.194 e. The monoisotopic (exact) mass is 308 g/mol. The fourth-order valence-corrected chi connectivity index (χ4v) is 2.37. The first-order valence-corrected chi connectivity index (χ1v) is 6.32. The highest BCUT2D eigenvalue weighted by molar-refractivity contribution is 9.10. The molecule has 0 aliphatic carbocycles. The summed E-state index contributed by atoms with van der Waals surface area (Å²) in [7, 11) is 0. The first-order valence-electron chi connectivity index (χ1n) is 5.15. The summed E-state index contributed by atoms with van der Waals surface area (Å²) in [5.41, 5.74) is 2.16. The molecule has 2 aromatic rings. The van der Waals surface area contributed by atoms with Crippen LogP contribution in [0, 0.1) is 6.92 Å². The van der Waals surface area contributed by atoms with Gasteiger partial charge in [-0.25, -0.2) is 0 Å². The molecule has 1 nitrogen and oxygen atoms in total. The van der Waals surface area contributed by atoms with Crippen LogP contribution in [0.3, 0.4) is 0 Å². The van der Waals surface area contributed by atoms with E-state index in [2.05, 4.69) is 15.9 Å². The minimum atomic E-state index is -0.0411. The van der Waals surface area contributed by atoms with E-state index in [1.165, 1.54) is 0 Å². The molecular formula is C14H10BrClO. The van der Waals surface area contributed by atoms with Crippen LogP contribution in [-0.4, -0.2) is 5.78 Å². The second-order valence-electron chi connectivity index (χ2n) is 3.77. The molecule has 0 aliphatic heterocycles. The number of aryl methyl sites for hydroxylation is 1. The van der Waals surface area contributed by atoms with Crippen LogP contribution < -0.4 is 0 Å². The van der Waals surface area contributed by atoms with Gasteiger partial charge in [-0.2, -0.15) is 0 Å². The summed E-state index contributed by atoms with van der Waals surface area (Å²) in [6.45, 7) is 1.91. The Bertz CT molecular complexity index is 578. The summed E-state index contributed by atoms with van der Waals surface area (Å²) in [5.74, 6) is -0.0411. The van der Waals surface area contributed by atoms with Gasteiger partial charge in [0.1, 0.15) is 0 Å². The van der Waals surface area contributed by atoms with E-state index in [9.17, 15) is 4.79 Å². The summed E-state index contributed by atoms with van der Waals surface area (Å²) in [5, 5.41) is 0.486. The number of ketones is 1. The second kappa shape index (κ2) is 5.03. The molecule has 0 aliphatic rings. The van der Waals surface area contributed by atoms with Gasteiger partial charge in [-0.05, 0) is 42.8 Å². The van der Waals surface area contributed by atoms with Crippen molar-refractivity contribution >= 4 is 33.3 Å². The average Bonchev–Trinajstić information content (AvgIpc) is 2.29. The number of benzene rings is 2. The lowest BCUT2D eigenvalue weighted by atomic mass is 9.99. The van der Waals surface area contributed by atoms with E-state index >= 15 is 0 Å². The Hall–Kier alpha value is -1.12. The molecule has 0 N–H and O–H groups in total. The molecule has 2 rings (SSSR count). The fourth-order valence-electron chi connectivity index (χ4n) is 1.67. The predicted molar refractivity (Wildman–Crippen MR) is 73.8 cm³/mol. The van der Waals surface area contributed by atoms with Gasteiger partial charge in [0.2, 0.25) is 0 Å². The molecule has 86 valence electrons. The summed E-state index contributed by atoms with van der Waals surface area (Å²) in [6.07, 6.45) is 0. The molecule has 17 heavy (non-hydrogen) atoms. The molecule has 0 amide bonds. The van der Waals surface area contributed by atoms with Crippen molar-refractivity contribution in [1.82, 2.24) is 0 Å². The SMILES string of the molecule is Cc1cc(Br)ccc1C(=O)c1ccccc1Cl. The Morgan fingerprint density at radius 1 is 1.12 bits per heavy atom. The molecule has 0 fully saturated rings. The van der Waals surface area contributed by atoms with Crippen molar-refractivity contribution in [1.29, 1.82) is 0 Å². The van der Waals surface area contributed by atoms with Gasteiger partial charge >= 0.3 is 0 Å². The van der Waals surface area contributed by atoms with Crippen molar-refractivity contribution in [3.63, 3.8) is 0 Å². The zero-order valence-electron chi connectivity index (χ0n) is 9.21. The van der Waals surface area contributed by atoms with Crippen LogP contribution in [0.4, 0.5) is 0 Å². The van der Waals surface area contributed by atoms with Gasteiger partial charge in [-0.3, -0.25) is 4.79 Å². The van der Waals surface area contributed by atoms with Crippen molar-refractivity contribution in [3.05, 3.63) is 68.7 Å². The maximum atomic E-state index is 12.3. The molecule has 3 heteroatoms. The Morgan fingerprint density at radius 3 is 2.47 bits per heavy atom. The molecule has 0 saturated heterocycles. The molecule has 0 saturated carbocycles. The van der Waals surface area contributed by atoms with E-state index in [4.69, 9.17) is 11.6 Å². The Kier molecular flexibility index (Phi) is 3.65. The maximum Gasteiger partial charge on any atom is 0.194 e. The minimum absolute atomic E-state index is 0.0411. The van der Waals surface area contributed by atoms with E-state index in [0.717, 1.165) is 10.0 Å². The zero-order chi connectivity index (χ0) is 12.4. The first-order chi connectivity index (χ1) is 8.09. The number of carbonyl (C=O) groups is 1. The standard InChI is InChI=1S/C14H10BrClO/c1-9-8-10(15)6-7-11(9)14(17)12-4-2-3-5-13(12)16/h2-8H,1H3. The van der Waals surface area contributed by atoms with Gasteiger partial charge in [-0.15, -0.1) is 0 Å². The van der Waals surface area contributed by atoms with Crippen molar-refractivity contribution in [2.45, 2.75) is 6.92 Å². The van der Waals surface area contributed by atoms with Gasteiger partial charge in [0.25, 0.3) is 0 Å². The summed E-state index contributed by atoms with van der Waals surface area (Å²) in [6, 6.07) is 12.7. The molecule has 0 heterocycles. The van der Waals surface area contributed by atoms with E-state index in [-0.39, 0.29) is 5.78 Å². The van der Waals surface area contributed by atoms with Crippen LogP contribution in [0.1, 0.15) is 21.5 Å². The minimum Gasteiger partial charge on any atom is -0.289 e. The number of carbonyl (C=O) groups excluding carboxylic acids is 1. The third-order valence-electron chi connectivity index (χ3n) is 2.55. The predicted octanol–water partition coefficient (Wildman–Crippen LogP) is 4.64. The summed E-state index contributed by atoms with van der Waals surface area (Å²) < 4.78 is 0.964. The highest BCUT2D eigenvalue weighted by Crippen LogP contribution is 2.22. The van der Waals surface area contributed by atoms with Gasteiger partial charge in [-0.1, -0.05) is 39.7 Å². The quantitative estimate of drug-likeness (QED) is 0.738. The second-order valence-corrected chi connectivity index (χ2v) is 5.09. The molecule has 0 bridgehead atoms. The van der Waals surface area contributed by atoms with Gasteiger partial charge in [0.15, 0.2) is 5.78 Å². The third-order valence-corrected chi connectivity index (χ3v) is 3.37. The Labute approximate surface area is 114 Å². The Morgan fingerprint density at radius 2 is 1.82 bits per heavy atom. The molecule has 0 aromatic heterocycles. The van der Waals surface area contributed by atoms with Crippen LogP contribution in [0.15, 0.2) is 46.9 Å². The van der Waals surface area contributed by atoms with Gasteiger partial charge in [0.05, 0.1) is 5.02 Å². The average molecular weight is 310 g/mol. The molecular weight excluding hydrogens is 300 g/mol. The zero-order valence-corrected chi connectivity index (χ0v) is 11.5. The van der Waals surface area contributed by atoms with E-state index in [1.54, 1.807) is 12.1 Å². The van der Waals surface area contributed by atoms with Crippen LogP contribution in [0.2, 0.25) is 5.02 Å². The molecule has 0 spiro atoms. The highest BCUT2D eigenvalue weighted by Gasteiger charge is 2.14. The number of halogens is 2. The van der Waals surface area contributed by atoms with Crippen molar-refractivity contribution in [2.75, 3.05) is 0 Å². The van der Waals surface area contributed by atoms with E-state index in [1.807, 2.05) is 37.3 Å². The Balaban J connectivity index is 2.48. The van der Waals surface area contributed by atoms with E-state index in [0.29, 0.717) is 16.1 Å². The molecule has 0 radical (unpaired) electrons. The van der Waals surface area contributed by atoms with E-state index < -0.39 is 0 Å². The number of rotatable bonds is 2. The summed E-state index contributed by atoms with van der Waals surface area (Å²) in [4.78, 5) is 12.3. The molecule has 0 atom stereocenters. The van der Waals surface area contributed by atoms with Crippen LogP contribution in [-0.2, 0) is 0 Å². The molecule has 2 aromatic carbocycles. The van der Waals surface area contributed by atoms with Crippen molar-refractivity contribution < 1.29 is 4.79 Å². The lowest BCUT2D eigenvalue weighted by Gasteiger charge is -2.06. The van der Waals surface area contributed by atoms with Crippen molar-refractivity contribution in [2.24, 2.45) is 0 Å². The van der Waals surface area contributed by atoms with Gasteiger partial charge < -0.3 is 0 Å². The fraction of sp³-hybridized carbons (Fsp3) is 0.0714. The third kappa shape index (κ3) is 2.59. The number of hydrogen-bond donors (Lipinski definition) is 0. The largest absolute Gasteiger partial charge is 0.289 e. The molecule has 0 unspecified atom stereocenters. The van der Waals surface area contributed by atoms with Gasteiger partial charge in [0, 0.05) is 15.6 Å². The number of hydrogen-bond acceptors (Lipinski definition) is 1. The maximum absolute atomic E-state index is 12.3. The topological polar surface area (TPSA) is 17.1 Å². The first kappa shape index (κ1) is 12.3. The highest BCUT2D eigenvalue weighted by atomic mass is 79.9. The lowest BCUT2D eigenvalue weighted by molar-refractivity contribution is 0.103. The van der Waals surface area contributed by atoms with Crippen LogP contribution in [0.25, 0.3) is 0 Å².